The van der Waals surface area contributed by atoms with Crippen LogP contribution in [0, 0.1) is 5.53 Å². The molecule has 4 nitrogen and oxygen atoms in total. The molecular formula is C4H11N3O. The van der Waals surface area contributed by atoms with Crippen molar-refractivity contribution in [2.75, 3.05) is 19.8 Å². The Labute approximate surface area is 48.7 Å². The molecule has 0 saturated carbocycles. The van der Waals surface area contributed by atoms with E-state index in [2.05, 4.69) is 10.6 Å². The molecule has 0 aromatic carbocycles. The Kier molecular flexibility index (Phi) is 5.85. The van der Waals surface area contributed by atoms with E-state index in [-0.39, 0.29) is 0 Å². The van der Waals surface area contributed by atoms with E-state index in [0.29, 0.717) is 13.2 Å². The second-order valence-corrected chi connectivity index (χ2v) is 1.22. The van der Waals surface area contributed by atoms with Crippen LogP contribution in [-0.4, -0.2) is 19.8 Å². The molecule has 0 radical (unpaired) electrons. The van der Waals surface area contributed by atoms with Crippen LogP contribution in [0.1, 0.15) is 6.92 Å². The molecule has 0 aliphatic rings. The van der Waals surface area contributed by atoms with E-state index in [9.17, 15) is 0 Å². The van der Waals surface area contributed by atoms with Gasteiger partial charge in [-0.2, -0.15) is 5.53 Å². The molecule has 0 amide bonds. The smallest absolute Gasteiger partial charge is 0.0656 e. The lowest BCUT2D eigenvalue weighted by Crippen LogP contribution is -2.12. The lowest BCUT2D eigenvalue weighted by Gasteiger charge is -1.96. The number of nitrogens with one attached hydrogen (secondary N) is 2. The maximum absolute atomic E-state index is 6.30. The minimum atomic E-state index is 0.622. The van der Waals surface area contributed by atoms with Crippen LogP contribution in [0.15, 0.2) is 5.22 Å². The lowest BCUT2D eigenvalue weighted by molar-refractivity contribution is 0.149. The number of rotatable bonds is 5. The summed E-state index contributed by atoms with van der Waals surface area (Å²) in [5.74, 6) is 0. The summed E-state index contributed by atoms with van der Waals surface area (Å²) in [5, 5.41) is 2.93. The Morgan fingerprint density at radius 3 is 3.00 bits per heavy atom. The first-order valence-electron chi connectivity index (χ1n) is 2.59. The topological polar surface area (TPSA) is 57.5 Å². The minimum Gasteiger partial charge on any atom is -0.380 e. The first-order chi connectivity index (χ1) is 3.91. The fourth-order valence-electron chi connectivity index (χ4n) is 0.318. The molecule has 48 valence electrons. The van der Waals surface area contributed by atoms with Crippen molar-refractivity contribution in [1.82, 2.24) is 5.43 Å². The summed E-state index contributed by atoms with van der Waals surface area (Å²) in [4.78, 5) is 0. The van der Waals surface area contributed by atoms with Crippen molar-refractivity contribution < 1.29 is 4.74 Å². The highest BCUT2D eigenvalue weighted by Gasteiger charge is 1.79. The molecule has 0 heterocycles. The zero-order valence-corrected chi connectivity index (χ0v) is 4.98. The fourth-order valence-corrected chi connectivity index (χ4v) is 0.318. The molecule has 0 aromatic rings. The molecule has 0 unspecified atom stereocenters. The van der Waals surface area contributed by atoms with Crippen molar-refractivity contribution in [3.8, 4) is 0 Å². The first kappa shape index (κ1) is 7.36. The predicted molar refractivity (Wildman–Crippen MR) is 29.6 cm³/mol. The van der Waals surface area contributed by atoms with E-state index in [4.69, 9.17) is 10.3 Å². The molecule has 4 heteroatoms. The van der Waals surface area contributed by atoms with Crippen LogP contribution >= 0.6 is 0 Å². The molecule has 0 aliphatic heterocycles. The highest BCUT2D eigenvalue weighted by Crippen LogP contribution is 1.68. The average Bonchev–Trinajstić information content (AvgIpc) is 1.81. The third-order valence-electron chi connectivity index (χ3n) is 0.641. The highest BCUT2D eigenvalue weighted by atomic mass is 16.5. The molecule has 0 spiro atoms. The van der Waals surface area contributed by atoms with Crippen LogP contribution in [0.5, 0.6) is 0 Å². The van der Waals surface area contributed by atoms with Crippen LogP contribution in [-0.2, 0) is 4.74 Å². The van der Waals surface area contributed by atoms with Gasteiger partial charge in [-0.1, -0.05) is 5.22 Å². The van der Waals surface area contributed by atoms with E-state index < -0.39 is 0 Å². The lowest BCUT2D eigenvalue weighted by atomic mass is 10.7. The number of nitrogens with zero attached hydrogens (tertiary/aromatic N) is 1. The van der Waals surface area contributed by atoms with Crippen LogP contribution in [0.4, 0.5) is 0 Å². The Balaban J connectivity index is 2.62. The number of ether oxygens (including phenoxy) is 1. The second kappa shape index (κ2) is 6.36. The van der Waals surface area contributed by atoms with Crippen molar-refractivity contribution in [2.24, 2.45) is 5.22 Å². The summed E-state index contributed by atoms with van der Waals surface area (Å²) in [6.07, 6.45) is 0. The van der Waals surface area contributed by atoms with Crippen LogP contribution in [0.2, 0.25) is 0 Å². The van der Waals surface area contributed by atoms with Crippen LogP contribution in [0.25, 0.3) is 0 Å². The van der Waals surface area contributed by atoms with Gasteiger partial charge in [0.25, 0.3) is 0 Å². The van der Waals surface area contributed by atoms with Crippen molar-refractivity contribution in [1.29, 1.82) is 5.53 Å². The summed E-state index contributed by atoms with van der Waals surface area (Å²) < 4.78 is 4.93. The Morgan fingerprint density at radius 2 is 2.50 bits per heavy atom. The summed E-state index contributed by atoms with van der Waals surface area (Å²) in [6, 6.07) is 0. The van der Waals surface area contributed by atoms with Gasteiger partial charge in [-0.15, -0.1) is 0 Å². The zero-order valence-electron chi connectivity index (χ0n) is 4.98. The fraction of sp³-hybridized carbons (Fsp3) is 1.00. The molecule has 0 atom stereocenters. The summed E-state index contributed by atoms with van der Waals surface area (Å²) in [6.45, 7) is 3.90. The van der Waals surface area contributed by atoms with Crippen molar-refractivity contribution in [3.63, 3.8) is 0 Å². The minimum absolute atomic E-state index is 0.622. The number of hydrogen-bond acceptors (Lipinski definition) is 3. The van der Waals surface area contributed by atoms with E-state index >= 15 is 0 Å². The van der Waals surface area contributed by atoms with Crippen molar-refractivity contribution in [3.05, 3.63) is 0 Å². The number of hydrogen-bond donors (Lipinski definition) is 2. The SMILES string of the molecule is CCOCCNN=N. The summed E-state index contributed by atoms with van der Waals surface area (Å²) in [5.41, 5.74) is 8.75. The van der Waals surface area contributed by atoms with Gasteiger partial charge < -0.3 is 4.74 Å². The maximum Gasteiger partial charge on any atom is 0.0656 e. The van der Waals surface area contributed by atoms with Crippen molar-refractivity contribution >= 4 is 0 Å². The molecule has 8 heavy (non-hydrogen) atoms. The molecular weight excluding hydrogens is 106 g/mol. The Morgan fingerprint density at radius 1 is 1.75 bits per heavy atom. The summed E-state index contributed by atoms with van der Waals surface area (Å²) >= 11 is 0. The van der Waals surface area contributed by atoms with Gasteiger partial charge in [-0.05, 0) is 6.92 Å². The molecule has 0 bridgehead atoms. The molecule has 0 saturated heterocycles. The maximum atomic E-state index is 6.30. The van der Waals surface area contributed by atoms with Crippen molar-refractivity contribution in [2.45, 2.75) is 6.92 Å². The van der Waals surface area contributed by atoms with Gasteiger partial charge in [0.15, 0.2) is 0 Å². The predicted octanol–water partition coefficient (Wildman–Crippen LogP) is 0.558. The van der Waals surface area contributed by atoms with Gasteiger partial charge in [-0.25, -0.2) is 0 Å². The monoisotopic (exact) mass is 117 g/mol. The zero-order chi connectivity index (χ0) is 6.24. The van der Waals surface area contributed by atoms with E-state index in [1.807, 2.05) is 6.92 Å². The Bertz CT molecular complexity index is 57.2. The standard InChI is InChI=1S/C4H11N3O/c1-2-8-4-3-6-7-5/h2-4H2,1H3,(H2,5,6). The van der Waals surface area contributed by atoms with Gasteiger partial charge in [0.2, 0.25) is 0 Å². The van der Waals surface area contributed by atoms with E-state index in [1.54, 1.807) is 0 Å². The first-order valence-corrected chi connectivity index (χ1v) is 2.59. The largest absolute Gasteiger partial charge is 0.380 e. The van der Waals surface area contributed by atoms with E-state index in [1.165, 1.54) is 0 Å². The third-order valence-corrected chi connectivity index (χ3v) is 0.641. The van der Waals surface area contributed by atoms with Crippen LogP contribution < -0.4 is 5.43 Å². The van der Waals surface area contributed by atoms with Gasteiger partial charge >= 0.3 is 0 Å². The molecule has 0 fully saturated rings. The van der Waals surface area contributed by atoms with E-state index in [0.717, 1.165) is 6.61 Å². The summed E-state index contributed by atoms with van der Waals surface area (Å²) in [7, 11) is 0. The second-order valence-electron chi connectivity index (χ2n) is 1.22. The normalized spacial score (nSPS) is 8.62. The van der Waals surface area contributed by atoms with Gasteiger partial charge in [0.1, 0.15) is 0 Å². The van der Waals surface area contributed by atoms with Gasteiger partial charge in [-0.3, -0.25) is 5.43 Å². The van der Waals surface area contributed by atoms with Gasteiger partial charge in [0.05, 0.1) is 13.2 Å². The molecule has 2 N–H and O–H groups in total. The van der Waals surface area contributed by atoms with Gasteiger partial charge in [0, 0.05) is 6.61 Å². The van der Waals surface area contributed by atoms with Crippen LogP contribution in [0.3, 0.4) is 0 Å². The third kappa shape index (κ3) is 5.36. The molecule has 0 rings (SSSR count). The Hall–Kier alpha value is -0.640. The molecule has 0 aliphatic carbocycles. The quantitative estimate of drug-likeness (QED) is 0.314. The molecule has 0 aromatic heterocycles. The highest BCUT2D eigenvalue weighted by molar-refractivity contribution is 4.31. The average molecular weight is 117 g/mol.